The molecule has 0 spiro atoms. The van der Waals surface area contributed by atoms with Crippen molar-refractivity contribution in [3.8, 4) is 0 Å². The van der Waals surface area contributed by atoms with E-state index < -0.39 is 5.97 Å². The number of hydrogen-bond acceptors (Lipinski definition) is 2. The number of anilines is 1. The van der Waals surface area contributed by atoms with Crippen LogP contribution >= 0.6 is 15.9 Å². The van der Waals surface area contributed by atoms with Crippen LogP contribution in [0.4, 0.5) is 5.69 Å². The Morgan fingerprint density at radius 3 is 2.94 bits per heavy atom. The number of hydrogen-bond donors (Lipinski definition) is 2. The van der Waals surface area contributed by atoms with Crippen LogP contribution in [0, 0.1) is 12.8 Å². The predicted octanol–water partition coefficient (Wildman–Crippen LogP) is 3.81. The number of nitrogens with one attached hydrogen (secondary N) is 1. The quantitative estimate of drug-likeness (QED) is 0.892. The maximum Gasteiger partial charge on any atom is 0.306 e. The summed E-state index contributed by atoms with van der Waals surface area (Å²) in [4.78, 5) is 11.0. The second-order valence-corrected chi connectivity index (χ2v) is 5.77. The molecular weight excluding hydrogens is 294 g/mol. The molecule has 2 rings (SSSR count). The first-order valence-electron chi connectivity index (χ1n) is 6.32. The molecule has 1 saturated carbocycles. The first-order valence-corrected chi connectivity index (χ1v) is 7.11. The van der Waals surface area contributed by atoms with E-state index in [0.717, 1.165) is 35.8 Å². The molecule has 1 aliphatic carbocycles. The number of halogens is 1. The molecule has 2 N–H and O–H groups in total. The summed E-state index contributed by atoms with van der Waals surface area (Å²) in [5.74, 6) is -0.857. The summed E-state index contributed by atoms with van der Waals surface area (Å²) in [5.41, 5.74) is 2.25. The van der Waals surface area contributed by atoms with Crippen molar-refractivity contribution in [3.63, 3.8) is 0 Å². The minimum atomic E-state index is -0.662. The average Bonchev–Trinajstić information content (AvgIpc) is 2.35. The van der Waals surface area contributed by atoms with Crippen LogP contribution in [-0.4, -0.2) is 17.1 Å². The largest absolute Gasteiger partial charge is 0.481 e. The zero-order valence-corrected chi connectivity index (χ0v) is 12.0. The van der Waals surface area contributed by atoms with Crippen molar-refractivity contribution in [2.75, 3.05) is 5.32 Å². The Kier molecular flexibility index (Phi) is 4.27. The minimum Gasteiger partial charge on any atom is -0.481 e. The molecule has 1 fully saturated rings. The Balaban J connectivity index is 2.05. The van der Waals surface area contributed by atoms with Crippen LogP contribution < -0.4 is 5.32 Å². The van der Waals surface area contributed by atoms with E-state index in [4.69, 9.17) is 5.11 Å². The fourth-order valence-electron chi connectivity index (χ4n) is 2.52. The molecule has 0 saturated heterocycles. The van der Waals surface area contributed by atoms with E-state index in [1.807, 2.05) is 12.1 Å². The molecular formula is C14H18BrNO2. The smallest absolute Gasteiger partial charge is 0.306 e. The van der Waals surface area contributed by atoms with Gasteiger partial charge in [0.2, 0.25) is 0 Å². The van der Waals surface area contributed by atoms with Crippen LogP contribution in [0.5, 0.6) is 0 Å². The normalized spacial score (nSPS) is 23.7. The third kappa shape index (κ3) is 3.05. The molecule has 0 aromatic heterocycles. The van der Waals surface area contributed by atoms with Crippen LogP contribution in [0.3, 0.4) is 0 Å². The third-order valence-electron chi connectivity index (χ3n) is 3.57. The summed E-state index contributed by atoms with van der Waals surface area (Å²) >= 11 is 3.57. The number of rotatable bonds is 3. The highest BCUT2D eigenvalue weighted by Crippen LogP contribution is 2.31. The van der Waals surface area contributed by atoms with Crippen LogP contribution in [0.1, 0.15) is 31.2 Å². The first-order chi connectivity index (χ1) is 8.58. The summed E-state index contributed by atoms with van der Waals surface area (Å²) in [5, 5.41) is 12.5. The molecule has 2 unspecified atom stereocenters. The highest BCUT2D eigenvalue weighted by Gasteiger charge is 2.27. The van der Waals surface area contributed by atoms with Crippen molar-refractivity contribution in [1.29, 1.82) is 0 Å². The predicted molar refractivity (Wildman–Crippen MR) is 75.9 cm³/mol. The Morgan fingerprint density at radius 1 is 1.44 bits per heavy atom. The van der Waals surface area contributed by atoms with E-state index in [9.17, 15) is 4.79 Å². The number of aryl methyl sites for hydroxylation is 1. The van der Waals surface area contributed by atoms with Gasteiger partial charge >= 0.3 is 5.97 Å². The van der Waals surface area contributed by atoms with E-state index in [-0.39, 0.29) is 12.0 Å². The molecule has 1 aromatic carbocycles. The Morgan fingerprint density at radius 2 is 2.22 bits per heavy atom. The Labute approximate surface area is 116 Å². The topological polar surface area (TPSA) is 49.3 Å². The second kappa shape index (κ2) is 5.74. The van der Waals surface area contributed by atoms with Gasteiger partial charge in [-0.3, -0.25) is 4.79 Å². The van der Waals surface area contributed by atoms with Crippen LogP contribution in [0.2, 0.25) is 0 Å². The van der Waals surface area contributed by atoms with Gasteiger partial charge < -0.3 is 10.4 Å². The summed E-state index contributed by atoms with van der Waals surface area (Å²) in [6, 6.07) is 6.36. The standard InChI is InChI=1S/C14H18BrNO2/c1-9-4-2-7-12(13(9)15)16-11-6-3-5-10(8-11)14(17)18/h2,4,7,10-11,16H,3,5-6,8H2,1H3,(H,17,18). The van der Waals surface area contributed by atoms with E-state index in [0.29, 0.717) is 0 Å². The van der Waals surface area contributed by atoms with Crippen molar-refractivity contribution in [2.24, 2.45) is 5.92 Å². The van der Waals surface area contributed by atoms with Crippen molar-refractivity contribution in [1.82, 2.24) is 0 Å². The van der Waals surface area contributed by atoms with Gasteiger partial charge in [0.1, 0.15) is 0 Å². The first kappa shape index (κ1) is 13.4. The molecule has 18 heavy (non-hydrogen) atoms. The van der Waals surface area contributed by atoms with Crippen LogP contribution in [0.25, 0.3) is 0 Å². The molecule has 2 atom stereocenters. The van der Waals surface area contributed by atoms with Crippen molar-refractivity contribution in [3.05, 3.63) is 28.2 Å². The molecule has 4 heteroatoms. The van der Waals surface area contributed by atoms with Gasteiger partial charge in [0, 0.05) is 16.2 Å². The van der Waals surface area contributed by atoms with Gasteiger partial charge in [-0.05, 0) is 53.7 Å². The molecule has 1 aliphatic rings. The molecule has 0 bridgehead atoms. The molecule has 0 radical (unpaired) electrons. The highest BCUT2D eigenvalue weighted by atomic mass is 79.9. The zero-order chi connectivity index (χ0) is 13.1. The van der Waals surface area contributed by atoms with E-state index in [2.05, 4.69) is 34.2 Å². The molecule has 1 aromatic rings. The van der Waals surface area contributed by atoms with Gasteiger partial charge in [-0.25, -0.2) is 0 Å². The van der Waals surface area contributed by atoms with Gasteiger partial charge in [0.25, 0.3) is 0 Å². The number of carboxylic acid groups (broad SMARTS) is 1. The highest BCUT2D eigenvalue weighted by molar-refractivity contribution is 9.10. The maximum atomic E-state index is 11.0. The van der Waals surface area contributed by atoms with E-state index >= 15 is 0 Å². The Bertz CT molecular complexity index is 447. The summed E-state index contributed by atoms with van der Waals surface area (Å²) < 4.78 is 1.07. The lowest BCUT2D eigenvalue weighted by molar-refractivity contribution is -0.142. The second-order valence-electron chi connectivity index (χ2n) is 4.98. The number of carboxylic acids is 1. The fraction of sp³-hybridized carbons (Fsp3) is 0.500. The molecule has 3 nitrogen and oxygen atoms in total. The van der Waals surface area contributed by atoms with Crippen LogP contribution in [0.15, 0.2) is 22.7 Å². The van der Waals surface area contributed by atoms with Crippen molar-refractivity contribution < 1.29 is 9.90 Å². The third-order valence-corrected chi connectivity index (χ3v) is 4.63. The fourth-order valence-corrected chi connectivity index (χ4v) is 2.90. The van der Waals surface area contributed by atoms with Gasteiger partial charge in [0.05, 0.1) is 5.92 Å². The van der Waals surface area contributed by atoms with Gasteiger partial charge in [0.15, 0.2) is 0 Å². The minimum absolute atomic E-state index is 0.195. The lowest BCUT2D eigenvalue weighted by Crippen LogP contribution is -2.31. The molecule has 0 amide bonds. The maximum absolute atomic E-state index is 11.0. The van der Waals surface area contributed by atoms with Gasteiger partial charge in [-0.15, -0.1) is 0 Å². The lowest BCUT2D eigenvalue weighted by atomic mass is 9.85. The number of benzene rings is 1. The average molecular weight is 312 g/mol. The number of carbonyl (C=O) groups is 1. The van der Waals surface area contributed by atoms with Gasteiger partial charge in [-0.2, -0.15) is 0 Å². The van der Waals surface area contributed by atoms with Crippen molar-refractivity contribution in [2.45, 2.75) is 38.6 Å². The van der Waals surface area contributed by atoms with E-state index in [1.54, 1.807) is 0 Å². The number of aliphatic carboxylic acids is 1. The molecule has 98 valence electrons. The summed E-state index contributed by atoms with van der Waals surface area (Å²) in [7, 11) is 0. The van der Waals surface area contributed by atoms with Crippen LogP contribution in [-0.2, 0) is 4.79 Å². The SMILES string of the molecule is Cc1cccc(NC2CCCC(C(=O)O)C2)c1Br. The lowest BCUT2D eigenvalue weighted by Gasteiger charge is -2.28. The summed E-state index contributed by atoms with van der Waals surface area (Å²) in [6.07, 6.45) is 3.56. The monoisotopic (exact) mass is 311 g/mol. The van der Waals surface area contributed by atoms with E-state index in [1.165, 1.54) is 5.56 Å². The molecule has 0 aliphatic heterocycles. The molecule has 0 heterocycles. The Hall–Kier alpha value is -1.03. The van der Waals surface area contributed by atoms with Gasteiger partial charge in [-0.1, -0.05) is 18.6 Å². The zero-order valence-electron chi connectivity index (χ0n) is 10.4. The van der Waals surface area contributed by atoms with Crippen molar-refractivity contribution >= 4 is 27.6 Å². The summed E-state index contributed by atoms with van der Waals surface area (Å²) in [6.45, 7) is 2.05.